The molecule has 0 aliphatic heterocycles. The van der Waals surface area contributed by atoms with Crippen LogP contribution < -0.4 is 5.32 Å². The molecule has 1 aromatic rings. The number of anilines is 1. The number of aliphatic hydroxyl groups excluding tert-OH is 1. The Morgan fingerprint density at radius 1 is 1.24 bits per heavy atom. The van der Waals surface area contributed by atoms with Crippen LogP contribution in [0.1, 0.15) is 37.0 Å². The summed E-state index contributed by atoms with van der Waals surface area (Å²) in [6, 6.07) is 4.44. The van der Waals surface area contributed by atoms with Crippen LogP contribution in [0.25, 0.3) is 0 Å². The third kappa shape index (κ3) is 5.48. The van der Waals surface area contributed by atoms with Gasteiger partial charge in [0.1, 0.15) is 0 Å². The maximum atomic E-state index is 12.3. The van der Waals surface area contributed by atoms with Gasteiger partial charge in [-0.15, -0.1) is 0 Å². The lowest BCUT2D eigenvalue weighted by atomic mass is 10.1. The molecule has 0 spiro atoms. The first kappa shape index (κ1) is 17.7. The lowest BCUT2D eigenvalue weighted by Crippen LogP contribution is -2.39. The van der Waals surface area contributed by atoms with E-state index in [1.165, 1.54) is 5.56 Å². The Kier molecular flexibility index (Phi) is 6.85. The highest BCUT2D eigenvalue weighted by Gasteiger charge is 2.15. The molecule has 0 aliphatic rings. The van der Waals surface area contributed by atoms with E-state index < -0.39 is 0 Å². The predicted molar refractivity (Wildman–Crippen MR) is 87.7 cm³/mol. The number of aryl methyl sites for hydroxylation is 3. The largest absolute Gasteiger partial charge is 0.396 e. The first-order valence-corrected chi connectivity index (χ1v) is 7.57. The minimum absolute atomic E-state index is 0.00306. The first-order valence-electron chi connectivity index (χ1n) is 7.57. The van der Waals surface area contributed by atoms with Gasteiger partial charge in [-0.1, -0.05) is 17.7 Å². The van der Waals surface area contributed by atoms with Crippen LogP contribution in [0.2, 0.25) is 0 Å². The third-order valence-electron chi connectivity index (χ3n) is 3.62. The van der Waals surface area contributed by atoms with Gasteiger partial charge >= 0.3 is 0 Å². The fourth-order valence-corrected chi connectivity index (χ4v) is 2.53. The van der Waals surface area contributed by atoms with Gasteiger partial charge in [-0.2, -0.15) is 0 Å². The van der Waals surface area contributed by atoms with Crippen molar-refractivity contribution >= 4 is 11.6 Å². The van der Waals surface area contributed by atoms with Crippen molar-refractivity contribution in [3.05, 3.63) is 28.8 Å². The Labute approximate surface area is 128 Å². The lowest BCUT2D eigenvalue weighted by Gasteiger charge is -2.25. The van der Waals surface area contributed by atoms with Crippen LogP contribution >= 0.6 is 0 Å². The summed E-state index contributed by atoms with van der Waals surface area (Å²) in [4.78, 5) is 14.3. The topological polar surface area (TPSA) is 52.6 Å². The average molecular weight is 292 g/mol. The van der Waals surface area contributed by atoms with Gasteiger partial charge in [-0.05, 0) is 52.2 Å². The number of carbonyl (C=O) groups is 1. The maximum Gasteiger partial charge on any atom is 0.238 e. The van der Waals surface area contributed by atoms with Crippen molar-refractivity contribution in [3.8, 4) is 0 Å². The summed E-state index contributed by atoms with van der Waals surface area (Å²) >= 11 is 0. The third-order valence-corrected chi connectivity index (χ3v) is 3.62. The van der Waals surface area contributed by atoms with E-state index >= 15 is 0 Å². The first-order chi connectivity index (χ1) is 9.85. The predicted octanol–water partition coefficient (Wildman–Crippen LogP) is 2.64. The van der Waals surface area contributed by atoms with Gasteiger partial charge in [-0.3, -0.25) is 9.69 Å². The molecule has 2 N–H and O–H groups in total. The molecule has 0 fully saturated rings. The van der Waals surface area contributed by atoms with E-state index in [2.05, 4.69) is 43.1 Å². The Balaban J connectivity index is 2.72. The molecule has 118 valence electrons. The molecule has 1 aromatic carbocycles. The summed E-state index contributed by atoms with van der Waals surface area (Å²) in [7, 11) is 0. The second-order valence-corrected chi connectivity index (χ2v) is 5.96. The summed E-state index contributed by atoms with van der Waals surface area (Å²) in [6.07, 6.45) is 0.689. The number of nitrogens with zero attached hydrogens (tertiary/aromatic N) is 1. The zero-order chi connectivity index (χ0) is 16.0. The van der Waals surface area contributed by atoms with E-state index in [1.807, 2.05) is 13.8 Å². The zero-order valence-electron chi connectivity index (χ0n) is 13.9. The quantitative estimate of drug-likeness (QED) is 0.812. The number of nitrogens with one attached hydrogen (secondary N) is 1. The molecule has 0 saturated carbocycles. The highest BCUT2D eigenvalue weighted by atomic mass is 16.3. The Morgan fingerprint density at radius 2 is 1.81 bits per heavy atom. The van der Waals surface area contributed by atoms with Crippen molar-refractivity contribution in [2.24, 2.45) is 0 Å². The van der Waals surface area contributed by atoms with E-state index in [0.29, 0.717) is 13.0 Å². The lowest BCUT2D eigenvalue weighted by molar-refractivity contribution is -0.117. The average Bonchev–Trinajstić information content (AvgIpc) is 2.38. The van der Waals surface area contributed by atoms with Gasteiger partial charge in [0.05, 0.1) is 6.54 Å². The fraction of sp³-hybridized carbons (Fsp3) is 0.588. The van der Waals surface area contributed by atoms with Gasteiger partial charge in [0, 0.05) is 24.9 Å². The molecule has 0 aromatic heterocycles. The van der Waals surface area contributed by atoms with Crippen LogP contribution in [0.15, 0.2) is 12.1 Å². The summed E-state index contributed by atoms with van der Waals surface area (Å²) < 4.78 is 0. The highest BCUT2D eigenvalue weighted by Crippen LogP contribution is 2.21. The van der Waals surface area contributed by atoms with Crippen LogP contribution in [0.3, 0.4) is 0 Å². The smallest absolute Gasteiger partial charge is 0.238 e. The molecule has 4 nitrogen and oxygen atoms in total. The van der Waals surface area contributed by atoms with Crippen molar-refractivity contribution < 1.29 is 9.90 Å². The van der Waals surface area contributed by atoms with E-state index in [1.54, 1.807) is 0 Å². The molecule has 0 aliphatic carbocycles. The van der Waals surface area contributed by atoms with E-state index in [-0.39, 0.29) is 18.6 Å². The second-order valence-electron chi connectivity index (χ2n) is 5.96. The van der Waals surface area contributed by atoms with E-state index in [0.717, 1.165) is 23.4 Å². The molecule has 0 atom stereocenters. The Bertz CT molecular complexity index is 461. The number of aliphatic hydroxyl groups is 1. The number of benzene rings is 1. The van der Waals surface area contributed by atoms with Crippen molar-refractivity contribution in [2.45, 2.75) is 47.1 Å². The zero-order valence-corrected chi connectivity index (χ0v) is 13.9. The molecule has 1 amide bonds. The fourth-order valence-electron chi connectivity index (χ4n) is 2.53. The summed E-state index contributed by atoms with van der Waals surface area (Å²) in [6.45, 7) is 11.4. The summed E-state index contributed by atoms with van der Waals surface area (Å²) in [5.41, 5.74) is 4.30. The Hall–Kier alpha value is -1.39. The van der Waals surface area contributed by atoms with E-state index in [4.69, 9.17) is 5.11 Å². The van der Waals surface area contributed by atoms with Gasteiger partial charge in [0.25, 0.3) is 0 Å². The summed E-state index contributed by atoms with van der Waals surface area (Å²) in [5.74, 6) is -0.00306. The van der Waals surface area contributed by atoms with Crippen molar-refractivity contribution in [2.75, 3.05) is 25.0 Å². The SMILES string of the molecule is Cc1cc(C)c(NC(=O)CN(CCCO)C(C)C)c(C)c1. The molecule has 0 radical (unpaired) electrons. The van der Waals surface area contributed by atoms with Crippen LogP contribution in [0, 0.1) is 20.8 Å². The molecule has 0 saturated heterocycles. The normalized spacial score (nSPS) is 11.2. The van der Waals surface area contributed by atoms with Crippen LogP contribution in [0.4, 0.5) is 5.69 Å². The van der Waals surface area contributed by atoms with Crippen molar-refractivity contribution in [1.29, 1.82) is 0 Å². The van der Waals surface area contributed by atoms with Gasteiger partial charge in [0.15, 0.2) is 0 Å². The molecule has 4 heteroatoms. The standard InChI is InChI=1S/C17H28N2O2/c1-12(2)19(7-6-8-20)11-16(21)18-17-14(4)9-13(3)10-15(17)5/h9-10,12,20H,6-8,11H2,1-5H3,(H,18,21). The minimum atomic E-state index is -0.00306. The second kappa shape index (κ2) is 8.15. The van der Waals surface area contributed by atoms with Crippen LogP contribution in [0.5, 0.6) is 0 Å². The molecular formula is C17H28N2O2. The number of rotatable bonds is 7. The maximum absolute atomic E-state index is 12.3. The van der Waals surface area contributed by atoms with Crippen molar-refractivity contribution in [1.82, 2.24) is 4.90 Å². The minimum Gasteiger partial charge on any atom is -0.396 e. The number of amides is 1. The van der Waals surface area contributed by atoms with Crippen molar-refractivity contribution in [3.63, 3.8) is 0 Å². The monoisotopic (exact) mass is 292 g/mol. The highest BCUT2D eigenvalue weighted by molar-refractivity contribution is 5.93. The molecule has 1 rings (SSSR count). The van der Waals surface area contributed by atoms with Gasteiger partial charge < -0.3 is 10.4 Å². The Morgan fingerprint density at radius 3 is 2.29 bits per heavy atom. The number of hydrogen-bond donors (Lipinski definition) is 2. The van der Waals surface area contributed by atoms with E-state index in [9.17, 15) is 4.79 Å². The van der Waals surface area contributed by atoms with Gasteiger partial charge in [-0.25, -0.2) is 0 Å². The molecule has 0 heterocycles. The molecule has 0 unspecified atom stereocenters. The molecular weight excluding hydrogens is 264 g/mol. The number of hydrogen-bond acceptors (Lipinski definition) is 3. The van der Waals surface area contributed by atoms with Crippen LogP contribution in [-0.4, -0.2) is 41.7 Å². The van der Waals surface area contributed by atoms with Gasteiger partial charge in [0.2, 0.25) is 5.91 Å². The van der Waals surface area contributed by atoms with Crippen LogP contribution in [-0.2, 0) is 4.79 Å². The molecule has 0 bridgehead atoms. The molecule has 21 heavy (non-hydrogen) atoms. The number of carbonyl (C=O) groups excluding carboxylic acids is 1. The summed E-state index contributed by atoms with van der Waals surface area (Å²) in [5, 5.41) is 12.0.